The lowest BCUT2D eigenvalue weighted by atomic mass is 9.99. The average molecular weight is 321 g/mol. The summed E-state index contributed by atoms with van der Waals surface area (Å²) in [5.41, 5.74) is 14.3. The lowest BCUT2D eigenvalue weighted by molar-refractivity contribution is 0.0696. The van der Waals surface area contributed by atoms with Crippen molar-refractivity contribution in [2.24, 2.45) is 0 Å². The smallest absolute Gasteiger partial charge is 0.336 e. The van der Waals surface area contributed by atoms with Crippen LogP contribution in [-0.4, -0.2) is 26.0 Å². The molecule has 0 saturated heterocycles. The molecule has 0 aliphatic carbocycles. The normalized spacial score (nSPS) is 11.6. The molecular formula is C17H15N5O2. The first kappa shape index (κ1) is 15.4. The van der Waals surface area contributed by atoms with Gasteiger partial charge in [-0.1, -0.05) is 18.2 Å². The summed E-state index contributed by atoms with van der Waals surface area (Å²) in [6.07, 6.45) is 3.46. The first-order chi connectivity index (χ1) is 11.5. The molecule has 0 aliphatic heterocycles. The fourth-order valence-corrected chi connectivity index (χ4v) is 2.49. The van der Waals surface area contributed by atoms with Gasteiger partial charge in [0, 0.05) is 6.20 Å². The van der Waals surface area contributed by atoms with Gasteiger partial charge in [-0.25, -0.2) is 9.78 Å². The summed E-state index contributed by atoms with van der Waals surface area (Å²) in [4.78, 5) is 23.5. The van der Waals surface area contributed by atoms with Crippen molar-refractivity contribution in [1.82, 2.24) is 15.0 Å². The predicted molar refractivity (Wildman–Crippen MR) is 93.1 cm³/mol. The molecule has 0 amide bonds. The lowest BCUT2D eigenvalue weighted by Crippen LogP contribution is -2.02. The summed E-state index contributed by atoms with van der Waals surface area (Å²) >= 11 is 0. The zero-order valence-corrected chi connectivity index (χ0v) is 12.9. The van der Waals surface area contributed by atoms with E-state index in [1.807, 2.05) is 13.0 Å². The van der Waals surface area contributed by atoms with Crippen LogP contribution in [-0.2, 0) is 0 Å². The zero-order chi connectivity index (χ0) is 17.3. The van der Waals surface area contributed by atoms with Crippen LogP contribution in [0.3, 0.4) is 0 Å². The van der Waals surface area contributed by atoms with Crippen molar-refractivity contribution < 1.29 is 9.90 Å². The van der Waals surface area contributed by atoms with Gasteiger partial charge in [0.2, 0.25) is 5.95 Å². The highest BCUT2D eigenvalue weighted by molar-refractivity contribution is 5.97. The minimum Gasteiger partial charge on any atom is -0.478 e. The Morgan fingerprint density at radius 2 is 1.88 bits per heavy atom. The van der Waals surface area contributed by atoms with E-state index in [1.54, 1.807) is 36.5 Å². The second-order valence-corrected chi connectivity index (χ2v) is 5.28. The Bertz CT molecular complexity index is 982. The van der Waals surface area contributed by atoms with E-state index in [0.717, 1.165) is 11.1 Å². The predicted octanol–water partition coefficient (Wildman–Crippen LogP) is 2.45. The van der Waals surface area contributed by atoms with Crippen molar-refractivity contribution in [3.63, 3.8) is 0 Å². The molecule has 5 N–H and O–H groups in total. The monoisotopic (exact) mass is 321 g/mol. The fourth-order valence-electron chi connectivity index (χ4n) is 2.49. The average Bonchev–Trinajstić information content (AvgIpc) is 2.55. The molecule has 7 heteroatoms. The number of carbonyl (C=O) groups is 1. The van der Waals surface area contributed by atoms with Gasteiger partial charge >= 0.3 is 5.97 Å². The number of fused-ring (bicyclic) bond motifs is 1. The van der Waals surface area contributed by atoms with Gasteiger partial charge in [-0.2, -0.15) is 9.97 Å². The molecule has 3 aromatic rings. The highest BCUT2D eigenvalue weighted by Gasteiger charge is 2.11. The van der Waals surface area contributed by atoms with Crippen molar-refractivity contribution in [2.45, 2.75) is 6.92 Å². The van der Waals surface area contributed by atoms with E-state index in [0.29, 0.717) is 16.6 Å². The zero-order valence-electron chi connectivity index (χ0n) is 12.9. The molecule has 0 spiro atoms. The summed E-state index contributed by atoms with van der Waals surface area (Å²) < 4.78 is 0. The number of rotatable bonds is 3. The Balaban J connectivity index is 2.08. The van der Waals surface area contributed by atoms with E-state index in [1.165, 1.54) is 0 Å². The van der Waals surface area contributed by atoms with E-state index in [9.17, 15) is 9.90 Å². The molecule has 7 nitrogen and oxygen atoms in total. The molecule has 0 unspecified atom stereocenters. The van der Waals surface area contributed by atoms with Crippen LogP contribution in [0.4, 0.5) is 11.8 Å². The number of carboxylic acid groups (broad SMARTS) is 1. The standard InChI is InChI=1S/C17H15N5O2/c1-9(11-4-2-3-5-12(11)16(23)24)6-10-7-13-14(18)21-17(19)22-15(13)20-8-10/h2-8H,1H3,(H,23,24)(H4,18,19,20,21,22). The van der Waals surface area contributed by atoms with E-state index in [4.69, 9.17) is 11.5 Å². The Kier molecular flexibility index (Phi) is 3.83. The largest absolute Gasteiger partial charge is 0.478 e. The Morgan fingerprint density at radius 3 is 2.58 bits per heavy atom. The Labute approximate surface area is 137 Å². The van der Waals surface area contributed by atoms with E-state index < -0.39 is 5.97 Å². The van der Waals surface area contributed by atoms with Crippen molar-refractivity contribution >= 4 is 40.4 Å². The van der Waals surface area contributed by atoms with Gasteiger partial charge in [0.15, 0.2) is 5.65 Å². The molecule has 0 saturated carbocycles. The number of nitrogens with two attached hydrogens (primary N) is 2. The quantitative estimate of drug-likeness (QED) is 0.675. The molecule has 1 aromatic carbocycles. The molecular weight excluding hydrogens is 306 g/mol. The van der Waals surface area contributed by atoms with Gasteiger partial charge in [-0.05, 0) is 41.8 Å². The maximum absolute atomic E-state index is 11.3. The third-order valence-corrected chi connectivity index (χ3v) is 3.58. The fraction of sp³-hybridized carbons (Fsp3) is 0.0588. The number of aromatic nitrogens is 3. The van der Waals surface area contributed by atoms with E-state index in [-0.39, 0.29) is 17.3 Å². The molecule has 0 fully saturated rings. The van der Waals surface area contributed by atoms with Gasteiger partial charge in [0.25, 0.3) is 0 Å². The maximum Gasteiger partial charge on any atom is 0.336 e. The van der Waals surface area contributed by atoms with Crippen LogP contribution in [0.1, 0.15) is 28.4 Å². The third kappa shape index (κ3) is 2.87. The van der Waals surface area contributed by atoms with Crippen molar-refractivity contribution in [3.8, 4) is 0 Å². The van der Waals surface area contributed by atoms with Crippen molar-refractivity contribution in [3.05, 3.63) is 53.2 Å². The molecule has 3 rings (SSSR count). The van der Waals surface area contributed by atoms with Crippen LogP contribution in [0.2, 0.25) is 0 Å². The molecule has 120 valence electrons. The molecule has 2 heterocycles. The van der Waals surface area contributed by atoms with Crippen LogP contribution >= 0.6 is 0 Å². The van der Waals surface area contributed by atoms with Crippen molar-refractivity contribution in [1.29, 1.82) is 0 Å². The summed E-state index contributed by atoms with van der Waals surface area (Å²) in [5, 5.41) is 9.89. The Morgan fingerprint density at radius 1 is 1.17 bits per heavy atom. The van der Waals surface area contributed by atoms with Crippen LogP contribution < -0.4 is 11.5 Å². The summed E-state index contributed by atoms with van der Waals surface area (Å²) in [5.74, 6) is -0.644. The lowest BCUT2D eigenvalue weighted by Gasteiger charge is -2.07. The number of hydrogen-bond acceptors (Lipinski definition) is 6. The van der Waals surface area contributed by atoms with Gasteiger partial charge < -0.3 is 16.6 Å². The third-order valence-electron chi connectivity index (χ3n) is 3.58. The summed E-state index contributed by atoms with van der Waals surface area (Å²) in [7, 11) is 0. The van der Waals surface area contributed by atoms with Crippen LogP contribution in [0.15, 0.2) is 36.5 Å². The molecule has 24 heavy (non-hydrogen) atoms. The van der Waals surface area contributed by atoms with Crippen LogP contribution in [0, 0.1) is 0 Å². The molecule has 0 radical (unpaired) electrons. The topological polar surface area (TPSA) is 128 Å². The number of hydrogen-bond donors (Lipinski definition) is 3. The van der Waals surface area contributed by atoms with E-state index in [2.05, 4.69) is 15.0 Å². The van der Waals surface area contributed by atoms with E-state index >= 15 is 0 Å². The number of carboxylic acids is 1. The number of benzene rings is 1. The van der Waals surface area contributed by atoms with Crippen LogP contribution in [0.5, 0.6) is 0 Å². The van der Waals surface area contributed by atoms with Gasteiger partial charge in [0.1, 0.15) is 5.82 Å². The van der Waals surface area contributed by atoms with Gasteiger partial charge in [0.05, 0.1) is 10.9 Å². The van der Waals surface area contributed by atoms with Gasteiger partial charge in [-0.3, -0.25) is 0 Å². The van der Waals surface area contributed by atoms with Crippen LogP contribution in [0.25, 0.3) is 22.7 Å². The highest BCUT2D eigenvalue weighted by atomic mass is 16.4. The number of anilines is 2. The molecule has 2 aromatic heterocycles. The minimum absolute atomic E-state index is 0.0716. The SMILES string of the molecule is CC(=Cc1cnc2nc(N)nc(N)c2c1)c1ccccc1C(=O)O. The number of pyridine rings is 1. The molecule has 0 aliphatic rings. The number of nitrogen functional groups attached to an aromatic ring is 2. The molecule has 0 bridgehead atoms. The summed E-state index contributed by atoms with van der Waals surface area (Å²) in [6, 6.07) is 8.63. The number of aromatic carboxylic acids is 1. The number of nitrogens with zero attached hydrogens (tertiary/aromatic N) is 3. The van der Waals surface area contributed by atoms with Crippen molar-refractivity contribution in [2.75, 3.05) is 11.5 Å². The highest BCUT2D eigenvalue weighted by Crippen LogP contribution is 2.24. The first-order valence-electron chi connectivity index (χ1n) is 7.15. The maximum atomic E-state index is 11.3. The first-order valence-corrected chi connectivity index (χ1v) is 7.15. The Hall–Kier alpha value is -3.48. The second kappa shape index (κ2) is 5.96. The molecule has 0 atom stereocenters. The van der Waals surface area contributed by atoms with Gasteiger partial charge in [-0.15, -0.1) is 0 Å². The number of allylic oxidation sites excluding steroid dienone is 1. The minimum atomic E-state index is -0.969. The summed E-state index contributed by atoms with van der Waals surface area (Å²) in [6.45, 7) is 1.84. The second-order valence-electron chi connectivity index (χ2n) is 5.28.